The summed E-state index contributed by atoms with van der Waals surface area (Å²) in [6.45, 7) is 1.99. The van der Waals surface area contributed by atoms with E-state index in [2.05, 4.69) is 4.98 Å². The number of hydrogen-bond acceptors (Lipinski definition) is 4. The number of thiazole rings is 1. The zero-order chi connectivity index (χ0) is 13.1. The molecule has 0 bridgehead atoms. The van der Waals surface area contributed by atoms with E-state index in [0.717, 1.165) is 22.0 Å². The Kier molecular flexibility index (Phi) is 4.22. The summed E-state index contributed by atoms with van der Waals surface area (Å²) in [4.78, 5) is 4.42. The summed E-state index contributed by atoms with van der Waals surface area (Å²) < 4.78 is 5.31. The molecule has 0 spiro atoms. The Hall–Kier alpha value is -1.10. The molecule has 18 heavy (non-hydrogen) atoms. The minimum Gasteiger partial charge on any atom is -0.496 e. The van der Waals surface area contributed by atoms with E-state index in [1.807, 2.05) is 24.4 Å². The summed E-state index contributed by atoms with van der Waals surface area (Å²) in [5, 5.41) is 3.74. The Bertz CT molecular complexity index is 542. The highest BCUT2D eigenvalue weighted by atomic mass is 35.5. The molecular formula is C13H15ClN2OS. The van der Waals surface area contributed by atoms with Crippen LogP contribution in [0.15, 0.2) is 23.6 Å². The normalized spacial score (nSPS) is 12.4. The van der Waals surface area contributed by atoms with Crippen LogP contribution >= 0.6 is 22.9 Å². The first kappa shape index (κ1) is 13.3. The minimum absolute atomic E-state index is 0.140. The molecule has 0 amide bonds. The van der Waals surface area contributed by atoms with Gasteiger partial charge in [0.2, 0.25) is 0 Å². The number of benzene rings is 1. The summed E-state index contributed by atoms with van der Waals surface area (Å²) in [5.41, 5.74) is 8.17. The van der Waals surface area contributed by atoms with Gasteiger partial charge in [-0.2, -0.15) is 0 Å². The molecule has 0 saturated heterocycles. The third-order valence-corrected chi connectivity index (χ3v) is 3.75. The van der Waals surface area contributed by atoms with Crippen LogP contribution in [0.25, 0.3) is 0 Å². The lowest BCUT2D eigenvalue weighted by Crippen LogP contribution is -2.14. The van der Waals surface area contributed by atoms with Crippen LogP contribution in [-0.4, -0.2) is 12.1 Å². The quantitative estimate of drug-likeness (QED) is 0.935. The maximum Gasteiger partial charge on any atom is 0.125 e. The van der Waals surface area contributed by atoms with Gasteiger partial charge in [-0.15, -0.1) is 11.3 Å². The standard InChI is InChI=1S/C13H15ClN2OS/c1-8-16-10(7-18-8)6-12(15)11-4-3-9(14)5-13(11)17-2/h3-5,7,12H,6,15H2,1-2H3. The van der Waals surface area contributed by atoms with Crippen LogP contribution in [0.4, 0.5) is 0 Å². The first-order chi connectivity index (χ1) is 8.60. The Morgan fingerprint density at radius 1 is 1.50 bits per heavy atom. The molecule has 0 aliphatic carbocycles. The second kappa shape index (κ2) is 5.69. The molecule has 1 heterocycles. The van der Waals surface area contributed by atoms with Crippen LogP contribution < -0.4 is 10.5 Å². The van der Waals surface area contributed by atoms with E-state index >= 15 is 0 Å². The number of aryl methyl sites for hydroxylation is 1. The zero-order valence-electron chi connectivity index (χ0n) is 10.3. The molecule has 96 valence electrons. The van der Waals surface area contributed by atoms with Crippen molar-refractivity contribution in [2.75, 3.05) is 7.11 Å². The van der Waals surface area contributed by atoms with Gasteiger partial charge in [0.1, 0.15) is 5.75 Å². The Morgan fingerprint density at radius 3 is 2.89 bits per heavy atom. The lowest BCUT2D eigenvalue weighted by Gasteiger charge is -2.15. The fourth-order valence-electron chi connectivity index (χ4n) is 1.83. The maximum atomic E-state index is 6.20. The van der Waals surface area contributed by atoms with Crippen molar-refractivity contribution in [2.24, 2.45) is 5.73 Å². The largest absolute Gasteiger partial charge is 0.496 e. The van der Waals surface area contributed by atoms with Gasteiger partial charge in [0.15, 0.2) is 0 Å². The van der Waals surface area contributed by atoms with E-state index in [0.29, 0.717) is 11.4 Å². The summed E-state index contributed by atoms with van der Waals surface area (Å²) in [7, 11) is 1.62. The predicted octanol–water partition coefficient (Wildman–Crippen LogP) is 3.36. The molecule has 0 fully saturated rings. The van der Waals surface area contributed by atoms with Gasteiger partial charge in [0.05, 0.1) is 17.8 Å². The van der Waals surface area contributed by atoms with Gasteiger partial charge in [-0.25, -0.2) is 4.98 Å². The molecule has 1 atom stereocenters. The Morgan fingerprint density at radius 2 is 2.28 bits per heavy atom. The van der Waals surface area contributed by atoms with Crippen molar-refractivity contribution in [1.82, 2.24) is 4.98 Å². The average Bonchev–Trinajstić information content (AvgIpc) is 2.74. The van der Waals surface area contributed by atoms with Gasteiger partial charge in [0.25, 0.3) is 0 Å². The number of rotatable bonds is 4. The van der Waals surface area contributed by atoms with E-state index in [9.17, 15) is 0 Å². The van der Waals surface area contributed by atoms with Gasteiger partial charge in [-0.1, -0.05) is 17.7 Å². The van der Waals surface area contributed by atoms with Gasteiger partial charge >= 0.3 is 0 Å². The van der Waals surface area contributed by atoms with Crippen LogP contribution in [0.1, 0.15) is 22.3 Å². The molecule has 0 radical (unpaired) electrons. The van der Waals surface area contributed by atoms with E-state index < -0.39 is 0 Å². The number of halogens is 1. The van der Waals surface area contributed by atoms with Gasteiger partial charge in [-0.3, -0.25) is 0 Å². The minimum atomic E-state index is -0.140. The number of hydrogen-bond donors (Lipinski definition) is 1. The highest BCUT2D eigenvalue weighted by Crippen LogP contribution is 2.29. The predicted molar refractivity (Wildman–Crippen MR) is 75.5 cm³/mol. The van der Waals surface area contributed by atoms with Gasteiger partial charge in [-0.05, 0) is 19.1 Å². The molecule has 2 N–H and O–H groups in total. The van der Waals surface area contributed by atoms with Crippen molar-refractivity contribution in [3.05, 3.63) is 44.9 Å². The monoisotopic (exact) mass is 282 g/mol. The number of nitrogens with zero attached hydrogens (tertiary/aromatic N) is 1. The van der Waals surface area contributed by atoms with Gasteiger partial charge in [0, 0.05) is 28.4 Å². The zero-order valence-corrected chi connectivity index (χ0v) is 11.9. The highest BCUT2D eigenvalue weighted by molar-refractivity contribution is 7.09. The number of aromatic nitrogens is 1. The Balaban J connectivity index is 2.20. The third kappa shape index (κ3) is 3.02. The molecule has 0 aliphatic heterocycles. The van der Waals surface area contributed by atoms with Crippen LogP contribution in [0, 0.1) is 6.92 Å². The summed E-state index contributed by atoms with van der Waals surface area (Å²) in [6.07, 6.45) is 0.697. The first-order valence-corrected chi connectivity index (χ1v) is 6.86. The van der Waals surface area contributed by atoms with Crippen LogP contribution in [0.2, 0.25) is 5.02 Å². The van der Waals surface area contributed by atoms with Crippen molar-refractivity contribution in [3.8, 4) is 5.75 Å². The molecule has 2 rings (SSSR count). The van der Waals surface area contributed by atoms with E-state index in [1.54, 1.807) is 24.5 Å². The molecule has 5 heteroatoms. The molecular weight excluding hydrogens is 268 g/mol. The molecule has 1 unspecified atom stereocenters. The van der Waals surface area contributed by atoms with Crippen molar-refractivity contribution in [3.63, 3.8) is 0 Å². The highest BCUT2D eigenvalue weighted by Gasteiger charge is 2.14. The Labute approximate surface area is 116 Å². The molecule has 3 nitrogen and oxygen atoms in total. The number of ether oxygens (including phenoxy) is 1. The molecule has 0 aliphatic rings. The summed E-state index contributed by atoms with van der Waals surface area (Å²) >= 11 is 7.57. The van der Waals surface area contributed by atoms with Crippen LogP contribution in [0.3, 0.4) is 0 Å². The molecule has 2 aromatic rings. The molecule has 1 aromatic heterocycles. The van der Waals surface area contributed by atoms with E-state index in [-0.39, 0.29) is 6.04 Å². The van der Waals surface area contributed by atoms with E-state index in [4.69, 9.17) is 22.1 Å². The van der Waals surface area contributed by atoms with E-state index in [1.165, 1.54) is 0 Å². The van der Waals surface area contributed by atoms with Gasteiger partial charge < -0.3 is 10.5 Å². The van der Waals surface area contributed by atoms with Crippen LogP contribution in [-0.2, 0) is 6.42 Å². The van der Waals surface area contributed by atoms with Crippen molar-refractivity contribution < 1.29 is 4.74 Å². The topological polar surface area (TPSA) is 48.1 Å². The third-order valence-electron chi connectivity index (χ3n) is 2.69. The number of nitrogens with two attached hydrogens (primary N) is 1. The lowest BCUT2D eigenvalue weighted by molar-refractivity contribution is 0.405. The fraction of sp³-hybridized carbons (Fsp3) is 0.308. The first-order valence-electron chi connectivity index (χ1n) is 5.60. The average molecular weight is 283 g/mol. The second-order valence-electron chi connectivity index (χ2n) is 4.05. The van der Waals surface area contributed by atoms with Crippen LogP contribution in [0.5, 0.6) is 5.75 Å². The summed E-state index contributed by atoms with van der Waals surface area (Å²) in [6, 6.07) is 5.37. The summed E-state index contributed by atoms with van der Waals surface area (Å²) in [5.74, 6) is 0.724. The van der Waals surface area contributed by atoms with Crippen molar-refractivity contribution in [2.45, 2.75) is 19.4 Å². The molecule has 0 saturated carbocycles. The molecule has 1 aromatic carbocycles. The van der Waals surface area contributed by atoms with Crippen molar-refractivity contribution in [1.29, 1.82) is 0 Å². The maximum absolute atomic E-state index is 6.20. The lowest BCUT2D eigenvalue weighted by atomic mass is 10.0. The number of methoxy groups -OCH3 is 1. The fourth-order valence-corrected chi connectivity index (χ4v) is 2.62. The second-order valence-corrected chi connectivity index (χ2v) is 5.55. The smallest absolute Gasteiger partial charge is 0.125 e. The SMILES string of the molecule is COc1cc(Cl)ccc1C(N)Cc1csc(C)n1. The van der Waals surface area contributed by atoms with Crippen molar-refractivity contribution >= 4 is 22.9 Å².